The van der Waals surface area contributed by atoms with Crippen molar-refractivity contribution in [1.82, 2.24) is 5.32 Å². The smallest absolute Gasteiger partial charge is 0.146 e. The fourth-order valence-electron chi connectivity index (χ4n) is 2.60. The number of benzene rings is 1. The maximum Gasteiger partial charge on any atom is 0.146 e. The van der Waals surface area contributed by atoms with Gasteiger partial charge in [-0.25, -0.2) is 0 Å². The number of nitrogens with one attached hydrogen (secondary N) is 1. The van der Waals surface area contributed by atoms with E-state index in [1.165, 1.54) is 11.1 Å². The minimum atomic E-state index is 0.0115. The van der Waals surface area contributed by atoms with Gasteiger partial charge in [0.1, 0.15) is 5.78 Å². The van der Waals surface area contributed by atoms with Gasteiger partial charge in [0, 0.05) is 0 Å². The predicted molar refractivity (Wildman–Crippen MR) is 60.9 cm³/mol. The molecule has 1 aromatic rings. The molecule has 0 bridgehead atoms. The summed E-state index contributed by atoms with van der Waals surface area (Å²) in [5.74, 6) is 0.681. The first-order valence-corrected chi connectivity index (χ1v) is 5.47. The highest BCUT2D eigenvalue weighted by molar-refractivity contribution is 5.82. The Labute approximate surface area is 90.7 Å². The average Bonchev–Trinajstić information content (AvgIpc) is 2.61. The summed E-state index contributed by atoms with van der Waals surface area (Å²) in [4.78, 5) is 11.5. The van der Waals surface area contributed by atoms with Gasteiger partial charge in [-0.3, -0.25) is 4.79 Å². The second-order valence-corrected chi connectivity index (χ2v) is 4.31. The van der Waals surface area contributed by atoms with E-state index in [2.05, 4.69) is 29.6 Å². The molecule has 0 saturated heterocycles. The zero-order valence-corrected chi connectivity index (χ0v) is 9.29. The van der Waals surface area contributed by atoms with Crippen LogP contribution in [0.3, 0.4) is 0 Å². The molecule has 2 heteroatoms. The van der Waals surface area contributed by atoms with E-state index in [4.69, 9.17) is 0 Å². The van der Waals surface area contributed by atoms with E-state index in [0.29, 0.717) is 5.92 Å². The molecule has 0 unspecified atom stereocenters. The highest BCUT2D eigenvalue weighted by atomic mass is 16.1. The van der Waals surface area contributed by atoms with Crippen LogP contribution in [0.15, 0.2) is 24.3 Å². The quantitative estimate of drug-likeness (QED) is 0.808. The normalized spacial score (nSPS) is 17.5. The van der Waals surface area contributed by atoms with Gasteiger partial charge in [-0.15, -0.1) is 0 Å². The topological polar surface area (TPSA) is 29.1 Å². The molecule has 0 spiro atoms. The van der Waals surface area contributed by atoms with Crippen LogP contribution in [0.25, 0.3) is 0 Å². The minimum Gasteiger partial charge on any atom is -0.310 e. The summed E-state index contributed by atoms with van der Waals surface area (Å²) in [5.41, 5.74) is 2.81. The first-order chi connectivity index (χ1) is 7.22. The van der Waals surface area contributed by atoms with Crippen molar-refractivity contribution >= 4 is 5.78 Å². The molecular weight excluding hydrogens is 186 g/mol. The van der Waals surface area contributed by atoms with Gasteiger partial charge in [-0.2, -0.15) is 0 Å². The molecule has 0 saturated carbocycles. The maximum atomic E-state index is 11.5. The Morgan fingerprint density at radius 2 is 1.87 bits per heavy atom. The summed E-state index contributed by atoms with van der Waals surface area (Å²) in [6, 6.07) is 8.49. The summed E-state index contributed by atoms with van der Waals surface area (Å²) in [6.45, 7) is 1.67. The van der Waals surface area contributed by atoms with Crippen molar-refractivity contribution in [2.24, 2.45) is 5.92 Å². The SMILES string of the molecule is CN[C@H](C(C)=O)C1Cc2ccccc2C1. The number of rotatable bonds is 3. The lowest BCUT2D eigenvalue weighted by atomic mass is 9.94. The first-order valence-electron chi connectivity index (χ1n) is 5.47. The minimum absolute atomic E-state index is 0.0115. The fraction of sp³-hybridized carbons (Fsp3) is 0.462. The monoisotopic (exact) mass is 203 g/mol. The number of ketones is 1. The third-order valence-corrected chi connectivity index (χ3v) is 3.30. The van der Waals surface area contributed by atoms with Crippen LogP contribution in [0, 0.1) is 5.92 Å². The predicted octanol–water partition coefficient (Wildman–Crippen LogP) is 1.58. The van der Waals surface area contributed by atoms with E-state index in [-0.39, 0.29) is 11.8 Å². The summed E-state index contributed by atoms with van der Waals surface area (Å²) in [6.07, 6.45) is 2.06. The Hall–Kier alpha value is -1.15. The van der Waals surface area contributed by atoms with Gasteiger partial charge in [0.15, 0.2) is 0 Å². The number of Topliss-reactive ketones (excluding diaryl/α,β-unsaturated/α-hetero) is 1. The van der Waals surface area contributed by atoms with Crippen LogP contribution in [0.4, 0.5) is 0 Å². The molecule has 1 N–H and O–H groups in total. The molecule has 0 fully saturated rings. The van der Waals surface area contributed by atoms with Gasteiger partial charge in [0.2, 0.25) is 0 Å². The molecule has 0 aliphatic heterocycles. The van der Waals surface area contributed by atoms with Crippen LogP contribution in [0.1, 0.15) is 18.1 Å². The second kappa shape index (κ2) is 4.15. The fourth-order valence-corrected chi connectivity index (χ4v) is 2.60. The van der Waals surface area contributed by atoms with Crippen molar-refractivity contribution in [2.45, 2.75) is 25.8 Å². The maximum absolute atomic E-state index is 11.5. The number of hydrogen-bond acceptors (Lipinski definition) is 2. The number of likely N-dealkylation sites (N-methyl/N-ethyl adjacent to an activating group) is 1. The van der Waals surface area contributed by atoms with Crippen LogP contribution >= 0.6 is 0 Å². The lowest BCUT2D eigenvalue weighted by molar-refractivity contribution is -0.120. The Morgan fingerprint density at radius 3 is 2.27 bits per heavy atom. The molecule has 1 aromatic carbocycles. The number of fused-ring (bicyclic) bond motifs is 1. The molecule has 80 valence electrons. The summed E-state index contributed by atoms with van der Waals surface area (Å²) in [5, 5.41) is 3.13. The van der Waals surface area contributed by atoms with Crippen LogP contribution in [-0.2, 0) is 17.6 Å². The molecule has 0 heterocycles. The molecular formula is C13H17NO. The Morgan fingerprint density at radius 1 is 1.33 bits per heavy atom. The summed E-state index contributed by atoms with van der Waals surface area (Å²) < 4.78 is 0. The number of carbonyl (C=O) groups is 1. The van der Waals surface area contributed by atoms with Crippen molar-refractivity contribution in [3.05, 3.63) is 35.4 Å². The van der Waals surface area contributed by atoms with E-state index in [9.17, 15) is 4.79 Å². The third-order valence-electron chi connectivity index (χ3n) is 3.30. The van der Waals surface area contributed by atoms with Gasteiger partial charge in [0.05, 0.1) is 6.04 Å². The van der Waals surface area contributed by atoms with Crippen molar-refractivity contribution in [1.29, 1.82) is 0 Å². The van der Waals surface area contributed by atoms with Crippen molar-refractivity contribution in [3.8, 4) is 0 Å². The molecule has 1 aliphatic rings. The zero-order valence-electron chi connectivity index (χ0n) is 9.29. The molecule has 1 atom stereocenters. The standard InChI is InChI=1S/C13H17NO/c1-9(15)13(14-2)12-7-10-5-3-4-6-11(10)8-12/h3-6,12-14H,7-8H2,1-2H3/t13-/m1/s1. The van der Waals surface area contributed by atoms with E-state index < -0.39 is 0 Å². The Bertz CT molecular complexity index is 348. The lowest BCUT2D eigenvalue weighted by Crippen LogP contribution is -2.39. The summed E-state index contributed by atoms with van der Waals surface area (Å²) >= 11 is 0. The van der Waals surface area contributed by atoms with E-state index in [1.807, 2.05) is 7.05 Å². The highest BCUT2D eigenvalue weighted by Crippen LogP contribution is 2.28. The van der Waals surface area contributed by atoms with Gasteiger partial charge in [0.25, 0.3) is 0 Å². The Kier molecular flexibility index (Phi) is 2.87. The van der Waals surface area contributed by atoms with Gasteiger partial charge >= 0.3 is 0 Å². The number of hydrogen-bond donors (Lipinski definition) is 1. The van der Waals surface area contributed by atoms with E-state index in [0.717, 1.165) is 12.8 Å². The zero-order chi connectivity index (χ0) is 10.8. The van der Waals surface area contributed by atoms with Gasteiger partial charge in [-0.1, -0.05) is 24.3 Å². The van der Waals surface area contributed by atoms with Crippen LogP contribution in [0.5, 0.6) is 0 Å². The van der Waals surface area contributed by atoms with Crippen molar-refractivity contribution in [3.63, 3.8) is 0 Å². The molecule has 15 heavy (non-hydrogen) atoms. The first kappa shape index (κ1) is 10.4. The molecule has 2 nitrogen and oxygen atoms in total. The highest BCUT2D eigenvalue weighted by Gasteiger charge is 2.29. The Balaban J connectivity index is 2.15. The average molecular weight is 203 g/mol. The summed E-state index contributed by atoms with van der Waals surface area (Å²) in [7, 11) is 1.87. The second-order valence-electron chi connectivity index (χ2n) is 4.31. The largest absolute Gasteiger partial charge is 0.310 e. The third kappa shape index (κ3) is 1.95. The molecule has 0 amide bonds. The van der Waals surface area contributed by atoms with Crippen molar-refractivity contribution in [2.75, 3.05) is 7.05 Å². The van der Waals surface area contributed by atoms with E-state index >= 15 is 0 Å². The molecule has 0 aromatic heterocycles. The number of carbonyl (C=O) groups excluding carboxylic acids is 1. The molecule has 2 rings (SSSR count). The van der Waals surface area contributed by atoms with Crippen LogP contribution in [-0.4, -0.2) is 18.9 Å². The van der Waals surface area contributed by atoms with Crippen LogP contribution < -0.4 is 5.32 Å². The van der Waals surface area contributed by atoms with Gasteiger partial charge in [-0.05, 0) is 43.9 Å². The van der Waals surface area contributed by atoms with E-state index in [1.54, 1.807) is 6.92 Å². The van der Waals surface area contributed by atoms with Crippen LogP contribution in [0.2, 0.25) is 0 Å². The van der Waals surface area contributed by atoms with Gasteiger partial charge < -0.3 is 5.32 Å². The van der Waals surface area contributed by atoms with Crippen molar-refractivity contribution < 1.29 is 4.79 Å². The molecule has 0 radical (unpaired) electrons. The lowest BCUT2D eigenvalue weighted by Gasteiger charge is -2.19. The molecule has 1 aliphatic carbocycles.